The van der Waals surface area contributed by atoms with Crippen molar-refractivity contribution in [2.45, 2.75) is 67.8 Å². The van der Waals surface area contributed by atoms with Gasteiger partial charge in [0.05, 0.1) is 6.10 Å². The van der Waals surface area contributed by atoms with E-state index < -0.39 is 66.7 Å². The Labute approximate surface area is 166 Å². The zero-order valence-electron chi connectivity index (χ0n) is 15.1. The number of ether oxygens (including phenoxy) is 2. The molecule has 3 nitrogen and oxygen atoms in total. The fourth-order valence-corrected chi connectivity index (χ4v) is 1.63. The van der Waals surface area contributed by atoms with Gasteiger partial charge in [-0.2, -0.15) is 61.5 Å². The molecular weight excluding hydrogens is 508 g/mol. The Balaban J connectivity index is 6.29. The Morgan fingerprint density at radius 1 is 0.656 bits per heavy atom. The van der Waals surface area contributed by atoms with Crippen molar-refractivity contribution >= 4 is 6.16 Å². The van der Waals surface area contributed by atoms with Gasteiger partial charge >= 0.3 is 54.0 Å². The van der Waals surface area contributed by atoms with Gasteiger partial charge in [0.15, 0.2) is 6.61 Å². The fraction of sp³-hybridized carbons (Fsp3) is 0.923. The maximum absolute atomic E-state index is 13.4. The van der Waals surface area contributed by atoms with Crippen LogP contribution in [0, 0.1) is 0 Å². The zero-order valence-corrected chi connectivity index (χ0v) is 15.1. The predicted molar refractivity (Wildman–Crippen MR) is 68.2 cm³/mol. The van der Waals surface area contributed by atoms with Gasteiger partial charge in [-0.15, -0.1) is 0 Å². The Morgan fingerprint density at radius 3 is 1.34 bits per heavy atom. The highest BCUT2D eigenvalue weighted by atomic mass is 19.4. The van der Waals surface area contributed by atoms with E-state index in [1.165, 1.54) is 0 Å². The third-order valence-corrected chi connectivity index (χ3v) is 3.43. The second-order valence-corrected chi connectivity index (χ2v) is 6.21. The summed E-state index contributed by atoms with van der Waals surface area (Å²) >= 11 is 0. The molecule has 192 valence electrons. The van der Waals surface area contributed by atoms with Gasteiger partial charge in [0.1, 0.15) is 0 Å². The highest BCUT2D eigenvalue weighted by Crippen LogP contribution is 2.62. The van der Waals surface area contributed by atoms with Crippen LogP contribution in [-0.2, 0) is 9.47 Å². The van der Waals surface area contributed by atoms with Gasteiger partial charge in [0, 0.05) is 0 Å². The molecule has 19 heteroatoms. The third-order valence-electron chi connectivity index (χ3n) is 3.43. The molecule has 0 rings (SSSR count). The number of carbonyl (C=O) groups excluding carboxylic acids is 1. The number of carbonyl (C=O) groups is 1. The standard InChI is InChI=1S/C13H10F16O3/c1-4(2)32-6(30)31-3-7(16,17)9(20,21)11(24,25)13(28,29)12(26,27)10(22,23)8(18,19)5(14)15/h4-5H,3H2,1-2H3. The van der Waals surface area contributed by atoms with Gasteiger partial charge in [-0.3, -0.25) is 0 Å². The molecule has 32 heavy (non-hydrogen) atoms. The average Bonchev–Trinajstić information content (AvgIpc) is 2.58. The molecule has 0 spiro atoms. The molecule has 0 atom stereocenters. The van der Waals surface area contributed by atoms with Crippen molar-refractivity contribution in [2.24, 2.45) is 0 Å². The van der Waals surface area contributed by atoms with Crippen LogP contribution >= 0.6 is 0 Å². The first-order valence-electron chi connectivity index (χ1n) is 7.52. The zero-order chi connectivity index (χ0) is 26.4. The quantitative estimate of drug-likeness (QED) is 0.253. The Morgan fingerprint density at radius 2 is 1.00 bits per heavy atom. The van der Waals surface area contributed by atoms with Gasteiger partial charge in [-0.25, -0.2) is 13.6 Å². The lowest BCUT2D eigenvalue weighted by atomic mass is 9.89. The smallest absolute Gasteiger partial charge is 0.432 e. The Kier molecular flexibility index (Phi) is 8.00. The summed E-state index contributed by atoms with van der Waals surface area (Å²) in [6, 6.07) is 0. The van der Waals surface area contributed by atoms with E-state index in [-0.39, 0.29) is 0 Å². The molecule has 0 N–H and O–H groups in total. The van der Waals surface area contributed by atoms with Crippen LogP contribution in [0.5, 0.6) is 0 Å². The van der Waals surface area contributed by atoms with Gasteiger partial charge in [0.25, 0.3) is 0 Å². The van der Waals surface area contributed by atoms with Crippen LogP contribution in [0.25, 0.3) is 0 Å². The number of alkyl halides is 16. The van der Waals surface area contributed by atoms with Crippen LogP contribution in [-0.4, -0.2) is 66.7 Å². The summed E-state index contributed by atoms with van der Waals surface area (Å²) < 4.78 is 216. The summed E-state index contributed by atoms with van der Waals surface area (Å²) in [5.41, 5.74) is 0. The van der Waals surface area contributed by atoms with Crippen LogP contribution in [0.2, 0.25) is 0 Å². The minimum atomic E-state index is -8.49. The van der Waals surface area contributed by atoms with Crippen molar-refractivity contribution in [3.63, 3.8) is 0 Å². The monoisotopic (exact) mass is 518 g/mol. The van der Waals surface area contributed by atoms with Crippen LogP contribution in [0.1, 0.15) is 13.8 Å². The lowest BCUT2D eigenvalue weighted by molar-refractivity contribution is -0.447. The molecule has 0 amide bonds. The summed E-state index contributed by atoms with van der Waals surface area (Å²) in [6.45, 7) is -1.24. The van der Waals surface area contributed by atoms with E-state index in [0.717, 1.165) is 13.8 Å². The van der Waals surface area contributed by atoms with Crippen LogP contribution in [0.15, 0.2) is 0 Å². The number of hydrogen-bond acceptors (Lipinski definition) is 3. The van der Waals surface area contributed by atoms with E-state index in [1.54, 1.807) is 0 Å². The van der Waals surface area contributed by atoms with Crippen molar-refractivity contribution < 1.29 is 84.5 Å². The van der Waals surface area contributed by atoms with E-state index in [4.69, 9.17) is 0 Å². The van der Waals surface area contributed by atoms with Gasteiger partial charge < -0.3 is 9.47 Å². The fourth-order valence-electron chi connectivity index (χ4n) is 1.63. The molecule has 0 heterocycles. The van der Waals surface area contributed by atoms with Crippen molar-refractivity contribution in [1.29, 1.82) is 0 Å². The van der Waals surface area contributed by atoms with Gasteiger partial charge in [0.2, 0.25) is 0 Å². The number of rotatable bonds is 10. The molecule has 0 aromatic heterocycles. The van der Waals surface area contributed by atoms with E-state index in [0.29, 0.717) is 0 Å². The topological polar surface area (TPSA) is 35.5 Å². The summed E-state index contributed by atoms with van der Waals surface area (Å²) in [7, 11) is 0. The maximum atomic E-state index is 13.4. The molecule has 0 aliphatic rings. The van der Waals surface area contributed by atoms with Crippen molar-refractivity contribution in [3.8, 4) is 0 Å². The summed E-state index contributed by atoms with van der Waals surface area (Å²) in [4.78, 5) is 10.8. The summed E-state index contributed by atoms with van der Waals surface area (Å²) in [5, 5.41) is 0. The highest BCUT2D eigenvalue weighted by Gasteiger charge is 2.93. The van der Waals surface area contributed by atoms with Crippen LogP contribution < -0.4 is 0 Å². The first kappa shape index (κ1) is 30.1. The summed E-state index contributed by atoms with van der Waals surface area (Å²) in [6.07, 6.45) is -9.38. The average molecular weight is 518 g/mol. The molecular formula is C13H10F16O3. The van der Waals surface area contributed by atoms with Gasteiger partial charge in [-0.05, 0) is 13.8 Å². The van der Waals surface area contributed by atoms with E-state index in [9.17, 15) is 75.0 Å². The minimum Gasteiger partial charge on any atom is -0.432 e. The minimum absolute atomic E-state index is 1.01. The SMILES string of the molecule is CC(C)OC(=O)OCC(F)(F)C(F)(F)C(F)(F)C(F)(F)C(F)(F)C(F)(F)C(F)(F)C(F)F. The lowest BCUT2D eigenvalue weighted by Crippen LogP contribution is -2.74. The molecule has 0 fully saturated rings. The molecule has 0 aromatic rings. The maximum Gasteiger partial charge on any atom is 0.508 e. The van der Waals surface area contributed by atoms with Crippen LogP contribution in [0.4, 0.5) is 75.0 Å². The Hall–Kier alpha value is -1.85. The highest BCUT2D eigenvalue weighted by molar-refractivity contribution is 5.60. The van der Waals surface area contributed by atoms with E-state index in [2.05, 4.69) is 9.47 Å². The summed E-state index contributed by atoms with van der Waals surface area (Å²) in [5.74, 6) is -55.4. The lowest BCUT2D eigenvalue weighted by Gasteiger charge is -2.42. The largest absolute Gasteiger partial charge is 0.508 e. The Bertz CT molecular complexity index is 672. The molecule has 0 aliphatic carbocycles. The first-order chi connectivity index (χ1) is 13.8. The van der Waals surface area contributed by atoms with Crippen molar-refractivity contribution in [1.82, 2.24) is 0 Å². The van der Waals surface area contributed by atoms with Gasteiger partial charge in [-0.1, -0.05) is 0 Å². The second kappa shape index (κ2) is 8.49. The molecule has 0 saturated carbocycles. The normalized spacial score (nSPS) is 15.4. The number of halogens is 16. The third kappa shape index (κ3) is 4.47. The predicted octanol–water partition coefficient (Wildman–Crippen LogP) is 6.26. The van der Waals surface area contributed by atoms with Crippen LogP contribution in [0.3, 0.4) is 0 Å². The molecule has 0 aliphatic heterocycles. The van der Waals surface area contributed by atoms with E-state index >= 15 is 0 Å². The molecule has 0 aromatic carbocycles. The van der Waals surface area contributed by atoms with Crippen molar-refractivity contribution in [3.05, 3.63) is 0 Å². The molecule has 0 radical (unpaired) electrons. The van der Waals surface area contributed by atoms with E-state index in [1.807, 2.05) is 0 Å². The first-order valence-corrected chi connectivity index (χ1v) is 7.52. The van der Waals surface area contributed by atoms with Crippen molar-refractivity contribution in [2.75, 3.05) is 6.61 Å². The molecule has 0 saturated heterocycles. The second-order valence-electron chi connectivity index (χ2n) is 6.21. The molecule has 0 unspecified atom stereocenters. The molecule has 0 bridgehead atoms. The number of hydrogen-bond donors (Lipinski definition) is 0.